The van der Waals surface area contributed by atoms with E-state index in [9.17, 15) is 22.4 Å². The van der Waals surface area contributed by atoms with Gasteiger partial charge in [-0.25, -0.2) is 4.39 Å². The summed E-state index contributed by atoms with van der Waals surface area (Å²) in [5.41, 5.74) is 0.124. The van der Waals surface area contributed by atoms with Gasteiger partial charge in [-0.1, -0.05) is 18.2 Å². The average molecular weight is 283 g/mol. The van der Waals surface area contributed by atoms with E-state index in [2.05, 4.69) is 5.32 Å². The zero-order chi connectivity index (χ0) is 14.8. The Morgan fingerprint density at radius 2 is 1.55 bits per heavy atom. The van der Waals surface area contributed by atoms with E-state index in [0.717, 1.165) is 18.2 Å². The molecule has 0 spiro atoms. The summed E-state index contributed by atoms with van der Waals surface area (Å²) < 4.78 is 50.9. The van der Waals surface area contributed by atoms with Crippen molar-refractivity contribution in [3.63, 3.8) is 0 Å². The van der Waals surface area contributed by atoms with Crippen molar-refractivity contribution in [2.24, 2.45) is 0 Å². The number of amides is 1. The van der Waals surface area contributed by atoms with Crippen LogP contribution in [0.2, 0.25) is 0 Å². The molecule has 20 heavy (non-hydrogen) atoms. The number of nitrogens with one attached hydrogen (secondary N) is 1. The predicted molar refractivity (Wildman–Crippen MR) is 66.5 cm³/mol. The van der Waals surface area contributed by atoms with Crippen molar-refractivity contribution in [2.75, 3.05) is 5.32 Å². The van der Waals surface area contributed by atoms with Gasteiger partial charge < -0.3 is 5.32 Å². The minimum atomic E-state index is -4.40. The zero-order valence-electron chi connectivity index (χ0n) is 10.0. The first kappa shape index (κ1) is 14.0. The van der Waals surface area contributed by atoms with E-state index in [4.69, 9.17) is 0 Å². The summed E-state index contributed by atoms with van der Waals surface area (Å²) in [4.78, 5) is 10.2. The Labute approximate surface area is 112 Å². The van der Waals surface area contributed by atoms with Crippen LogP contribution in [-0.4, -0.2) is 6.41 Å². The summed E-state index contributed by atoms with van der Waals surface area (Å²) in [6, 6.07) is 8.41. The van der Waals surface area contributed by atoms with Crippen LogP contribution in [-0.2, 0) is 11.0 Å². The van der Waals surface area contributed by atoms with Gasteiger partial charge in [0.1, 0.15) is 5.82 Å². The number of hydrogen-bond donors (Lipinski definition) is 1. The molecule has 0 aliphatic rings. The van der Waals surface area contributed by atoms with E-state index >= 15 is 0 Å². The first-order chi connectivity index (χ1) is 9.41. The van der Waals surface area contributed by atoms with Gasteiger partial charge in [0.05, 0.1) is 11.3 Å². The largest absolute Gasteiger partial charge is 0.416 e. The fourth-order valence-electron chi connectivity index (χ4n) is 1.73. The molecular formula is C14H9F4NO. The van der Waals surface area contributed by atoms with Crippen LogP contribution >= 0.6 is 0 Å². The van der Waals surface area contributed by atoms with Crippen molar-refractivity contribution in [3.05, 3.63) is 53.8 Å². The van der Waals surface area contributed by atoms with Gasteiger partial charge in [0.2, 0.25) is 6.41 Å². The molecule has 0 bridgehead atoms. The lowest BCUT2D eigenvalue weighted by Gasteiger charge is -2.08. The lowest BCUT2D eigenvalue weighted by Crippen LogP contribution is -2.04. The Bertz CT molecular complexity index is 620. The third kappa shape index (κ3) is 2.96. The SMILES string of the molecule is O=CNc1ccc(-c2ccc(C(F)(F)F)cc2)cc1F. The Morgan fingerprint density at radius 3 is 2.05 bits per heavy atom. The highest BCUT2D eigenvalue weighted by molar-refractivity contribution is 5.74. The molecule has 0 aliphatic heterocycles. The van der Waals surface area contributed by atoms with Crippen LogP contribution in [0.1, 0.15) is 5.56 Å². The normalized spacial score (nSPS) is 11.2. The summed E-state index contributed by atoms with van der Waals surface area (Å²) in [6.45, 7) is 0. The number of carbonyl (C=O) groups is 1. The molecule has 2 rings (SSSR count). The van der Waals surface area contributed by atoms with Crippen LogP contribution in [0.3, 0.4) is 0 Å². The quantitative estimate of drug-likeness (QED) is 0.667. The van der Waals surface area contributed by atoms with E-state index in [0.29, 0.717) is 17.5 Å². The van der Waals surface area contributed by atoms with E-state index in [1.165, 1.54) is 24.3 Å². The number of alkyl halides is 3. The first-order valence-corrected chi connectivity index (χ1v) is 5.59. The molecule has 0 unspecified atom stereocenters. The van der Waals surface area contributed by atoms with Crippen LogP contribution in [0.4, 0.5) is 23.2 Å². The lowest BCUT2D eigenvalue weighted by atomic mass is 10.0. The van der Waals surface area contributed by atoms with Crippen molar-refractivity contribution >= 4 is 12.1 Å². The number of carbonyl (C=O) groups excluding carboxylic acids is 1. The number of anilines is 1. The number of hydrogen-bond acceptors (Lipinski definition) is 1. The molecule has 2 aromatic rings. The second-order valence-electron chi connectivity index (χ2n) is 4.03. The minimum absolute atomic E-state index is 0.00987. The third-order valence-corrected chi connectivity index (χ3v) is 2.73. The summed E-state index contributed by atoms with van der Waals surface area (Å²) >= 11 is 0. The Hall–Kier alpha value is -2.37. The van der Waals surface area contributed by atoms with Crippen molar-refractivity contribution in [1.82, 2.24) is 0 Å². The molecule has 1 N–H and O–H groups in total. The maximum Gasteiger partial charge on any atom is 0.416 e. The first-order valence-electron chi connectivity index (χ1n) is 5.59. The Balaban J connectivity index is 2.32. The zero-order valence-corrected chi connectivity index (χ0v) is 10.0. The summed E-state index contributed by atoms with van der Waals surface area (Å²) in [7, 11) is 0. The highest BCUT2D eigenvalue weighted by Crippen LogP contribution is 2.31. The van der Waals surface area contributed by atoms with Gasteiger partial charge >= 0.3 is 6.18 Å². The molecule has 0 aliphatic carbocycles. The van der Waals surface area contributed by atoms with Crippen molar-refractivity contribution in [3.8, 4) is 11.1 Å². The minimum Gasteiger partial charge on any atom is -0.326 e. The van der Waals surface area contributed by atoms with Gasteiger partial charge in [0.25, 0.3) is 0 Å². The summed E-state index contributed by atoms with van der Waals surface area (Å²) in [6.07, 6.45) is -4.06. The van der Waals surface area contributed by atoms with E-state index in [1.807, 2.05) is 0 Å². The molecule has 0 saturated carbocycles. The van der Waals surface area contributed by atoms with Crippen LogP contribution < -0.4 is 5.32 Å². The van der Waals surface area contributed by atoms with Crippen LogP contribution in [0, 0.1) is 5.82 Å². The molecule has 0 radical (unpaired) electrons. The van der Waals surface area contributed by atoms with E-state index in [1.54, 1.807) is 0 Å². The second kappa shape index (κ2) is 5.32. The van der Waals surface area contributed by atoms with Crippen LogP contribution in [0.5, 0.6) is 0 Å². The Kier molecular flexibility index (Phi) is 3.74. The highest BCUT2D eigenvalue weighted by Gasteiger charge is 2.29. The van der Waals surface area contributed by atoms with Gasteiger partial charge in [-0.05, 0) is 35.4 Å². The topological polar surface area (TPSA) is 29.1 Å². The molecule has 6 heteroatoms. The van der Waals surface area contributed by atoms with E-state index < -0.39 is 17.6 Å². The maximum atomic E-state index is 13.6. The molecule has 0 aromatic heterocycles. The molecule has 0 saturated heterocycles. The van der Waals surface area contributed by atoms with E-state index in [-0.39, 0.29) is 5.69 Å². The van der Waals surface area contributed by atoms with Gasteiger partial charge in [-0.2, -0.15) is 13.2 Å². The van der Waals surface area contributed by atoms with Crippen LogP contribution in [0.25, 0.3) is 11.1 Å². The van der Waals surface area contributed by atoms with Gasteiger partial charge in [-0.3, -0.25) is 4.79 Å². The fraction of sp³-hybridized carbons (Fsp3) is 0.0714. The van der Waals surface area contributed by atoms with Gasteiger partial charge in [0, 0.05) is 0 Å². The predicted octanol–water partition coefficient (Wildman–Crippen LogP) is 4.08. The highest BCUT2D eigenvalue weighted by atomic mass is 19.4. The molecule has 1 amide bonds. The van der Waals surface area contributed by atoms with Crippen LogP contribution in [0.15, 0.2) is 42.5 Å². The molecule has 0 heterocycles. The standard InChI is InChI=1S/C14H9F4NO/c15-12-7-10(3-6-13(12)19-8-20)9-1-4-11(5-2-9)14(16,17)18/h1-8H,(H,19,20). The Morgan fingerprint density at radius 1 is 0.950 bits per heavy atom. The average Bonchev–Trinajstić information content (AvgIpc) is 2.40. The monoisotopic (exact) mass is 283 g/mol. The van der Waals surface area contributed by atoms with Gasteiger partial charge in [-0.15, -0.1) is 0 Å². The molecule has 2 nitrogen and oxygen atoms in total. The van der Waals surface area contributed by atoms with Gasteiger partial charge in [0.15, 0.2) is 0 Å². The molecule has 0 fully saturated rings. The number of benzene rings is 2. The molecule has 2 aromatic carbocycles. The maximum absolute atomic E-state index is 13.6. The molecule has 0 atom stereocenters. The third-order valence-electron chi connectivity index (χ3n) is 2.73. The second-order valence-corrected chi connectivity index (χ2v) is 4.03. The lowest BCUT2D eigenvalue weighted by molar-refractivity contribution is -0.137. The van der Waals surface area contributed by atoms with Crippen molar-refractivity contribution in [1.29, 1.82) is 0 Å². The summed E-state index contributed by atoms with van der Waals surface area (Å²) in [5.74, 6) is -0.658. The molecular weight excluding hydrogens is 274 g/mol. The molecule has 104 valence electrons. The number of halogens is 4. The van der Waals surface area contributed by atoms with Crippen molar-refractivity contribution in [2.45, 2.75) is 6.18 Å². The summed E-state index contributed by atoms with van der Waals surface area (Å²) in [5, 5.41) is 2.18. The number of rotatable bonds is 3. The fourth-order valence-corrected chi connectivity index (χ4v) is 1.73. The van der Waals surface area contributed by atoms with Crippen molar-refractivity contribution < 1.29 is 22.4 Å². The smallest absolute Gasteiger partial charge is 0.326 e.